The van der Waals surface area contributed by atoms with Gasteiger partial charge in [0.05, 0.1) is 0 Å². The highest BCUT2D eigenvalue weighted by Crippen LogP contribution is 2.22. The Morgan fingerprint density at radius 3 is 2.79 bits per heavy atom. The number of hydrogen-bond donors (Lipinski definition) is 3. The van der Waals surface area contributed by atoms with Crippen LogP contribution in [0.15, 0.2) is 47.3 Å². The van der Waals surface area contributed by atoms with Gasteiger partial charge in [-0.3, -0.25) is 24.4 Å². The number of amides is 2. The van der Waals surface area contributed by atoms with Crippen molar-refractivity contribution < 1.29 is 9.59 Å². The van der Waals surface area contributed by atoms with Gasteiger partial charge >= 0.3 is 0 Å². The highest BCUT2D eigenvalue weighted by molar-refractivity contribution is 6.01. The number of anilines is 1. The fourth-order valence-electron chi connectivity index (χ4n) is 3.38. The molecular weight excluding hydrogens is 372 g/mol. The molecule has 0 fully saturated rings. The highest BCUT2D eigenvalue weighted by atomic mass is 16.2. The molecule has 2 amide bonds. The normalized spacial score (nSPS) is 16.2. The third-order valence-electron chi connectivity index (χ3n) is 4.90. The van der Waals surface area contributed by atoms with Crippen LogP contribution in [0.25, 0.3) is 0 Å². The van der Waals surface area contributed by atoms with Gasteiger partial charge in [-0.2, -0.15) is 0 Å². The Morgan fingerprint density at radius 1 is 1.21 bits per heavy atom. The van der Waals surface area contributed by atoms with E-state index in [1.54, 1.807) is 13.1 Å². The van der Waals surface area contributed by atoms with Crippen molar-refractivity contribution in [2.75, 3.05) is 11.9 Å². The molecule has 4 rings (SSSR count). The molecule has 3 N–H and O–H groups in total. The first kappa shape index (κ1) is 18.6. The molecule has 0 saturated carbocycles. The van der Waals surface area contributed by atoms with Crippen molar-refractivity contribution in [3.63, 3.8) is 0 Å². The van der Waals surface area contributed by atoms with E-state index in [1.165, 1.54) is 11.0 Å². The zero-order valence-electron chi connectivity index (χ0n) is 15.8. The summed E-state index contributed by atoms with van der Waals surface area (Å²) in [6.07, 6.45) is 1.48. The lowest BCUT2D eigenvalue weighted by atomic mass is 10.1. The second-order valence-corrected chi connectivity index (χ2v) is 6.93. The molecule has 1 aliphatic heterocycles. The maximum Gasteiger partial charge on any atom is 0.291 e. The summed E-state index contributed by atoms with van der Waals surface area (Å²) in [6.45, 7) is 0. The number of carbonyl (C=O) groups is 2. The minimum atomic E-state index is -0.737. The predicted octanol–water partition coefficient (Wildman–Crippen LogP) is 0.791. The number of nitrogens with one attached hydrogen (secondary N) is 3. The van der Waals surface area contributed by atoms with Crippen LogP contribution in [0.2, 0.25) is 0 Å². The first-order valence-electron chi connectivity index (χ1n) is 9.27. The van der Waals surface area contributed by atoms with E-state index in [-0.39, 0.29) is 17.3 Å². The standard InChI is InChI=1S/C20H20N6O3/c1-26-18-13(8-10-16(27)23-18)7-9-14(20(26)29)21-19(28)17-22-15(24-25-17)11-12-5-3-2-4-6-12/h2-6,8,10,14H,7,9,11H2,1H3,(H,21,28)(H,23,27)(H,22,24,25). The Kier molecular flexibility index (Phi) is 4.94. The molecule has 2 aromatic heterocycles. The second kappa shape index (κ2) is 7.70. The van der Waals surface area contributed by atoms with Crippen molar-refractivity contribution >= 4 is 17.6 Å². The van der Waals surface area contributed by atoms with E-state index >= 15 is 0 Å². The van der Waals surface area contributed by atoms with E-state index in [4.69, 9.17) is 0 Å². The molecule has 1 atom stereocenters. The van der Waals surface area contributed by atoms with Gasteiger partial charge in [-0.15, -0.1) is 5.10 Å². The summed E-state index contributed by atoms with van der Waals surface area (Å²) < 4.78 is 0. The Labute approximate surface area is 166 Å². The molecular formula is C20H20N6O3. The molecule has 1 aliphatic rings. The molecule has 3 heterocycles. The van der Waals surface area contributed by atoms with Crippen LogP contribution in [0.4, 0.5) is 5.82 Å². The maximum absolute atomic E-state index is 12.8. The molecule has 9 nitrogen and oxygen atoms in total. The van der Waals surface area contributed by atoms with Crippen LogP contribution in [-0.4, -0.2) is 45.1 Å². The Hall–Kier alpha value is -3.75. The number of aryl methyl sites for hydroxylation is 1. The molecule has 3 aromatic rings. The molecule has 0 aliphatic carbocycles. The number of benzene rings is 1. The lowest BCUT2D eigenvalue weighted by Gasteiger charge is -2.21. The monoisotopic (exact) mass is 392 g/mol. The summed E-state index contributed by atoms with van der Waals surface area (Å²) in [7, 11) is 1.58. The molecule has 0 bridgehead atoms. The quantitative estimate of drug-likeness (QED) is 0.606. The van der Waals surface area contributed by atoms with Gasteiger partial charge in [0, 0.05) is 19.5 Å². The van der Waals surface area contributed by atoms with Gasteiger partial charge in [-0.05, 0) is 30.0 Å². The molecule has 9 heteroatoms. The number of pyridine rings is 1. The van der Waals surface area contributed by atoms with Gasteiger partial charge < -0.3 is 10.3 Å². The number of rotatable bonds is 4. The van der Waals surface area contributed by atoms with E-state index in [9.17, 15) is 14.4 Å². The SMILES string of the molecule is CN1C(=O)C(NC(=O)c2n[nH]c(Cc3ccccc3)n2)CCc2ccc(=O)[nH]c21. The fraction of sp³-hybridized carbons (Fsp3) is 0.250. The predicted molar refractivity (Wildman–Crippen MR) is 106 cm³/mol. The first-order chi connectivity index (χ1) is 14.0. The molecule has 1 unspecified atom stereocenters. The lowest BCUT2D eigenvalue weighted by molar-refractivity contribution is -0.120. The van der Waals surface area contributed by atoms with Gasteiger partial charge in [-0.1, -0.05) is 30.3 Å². The van der Waals surface area contributed by atoms with Gasteiger partial charge in [0.25, 0.3) is 5.91 Å². The molecule has 0 radical (unpaired) electrons. The van der Waals surface area contributed by atoms with Crippen molar-refractivity contribution in [2.45, 2.75) is 25.3 Å². The third kappa shape index (κ3) is 3.93. The van der Waals surface area contributed by atoms with Gasteiger partial charge in [-0.25, -0.2) is 4.98 Å². The van der Waals surface area contributed by atoms with E-state index < -0.39 is 11.9 Å². The van der Waals surface area contributed by atoms with Crippen LogP contribution in [0.3, 0.4) is 0 Å². The van der Waals surface area contributed by atoms with E-state index in [0.29, 0.717) is 30.9 Å². The third-order valence-corrected chi connectivity index (χ3v) is 4.90. The minimum Gasteiger partial charge on any atom is -0.337 e. The second-order valence-electron chi connectivity index (χ2n) is 6.93. The van der Waals surface area contributed by atoms with Crippen molar-refractivity contribution in [3.05, 3.63) is 75.6 Å². The number of likely N-dealkylation sites (N-methyl/N-ethyl adjacent to an activating group) is 1. The Bertz CT molecular complexity index is 1100. The van der Waals surface area contributed by atoms with E-state index in [2.05, 4.69) is 25.5 Å². The summed E-state index contributed by atoms with van der Waals surface area (Å²) in [6, 6.07) is 12.1. The van der Waals surface area contributed by atoms with Crippen molar-refractivity contribution in [1.82, 2.24) is 25.5 Å². The first-order valence-corrected chi connectivity index (χ1v) is 9.27. The lowest BCUT2D eigenvalue weighted by Crippen LogP contribution is -2.47. The zero-order valence-corrected chi connectivity index (χ0v) is 15.8. The minimum absolute atomic E-state index is 0.0125. The topological polar surface area (TPSA) is 124 Å². The largest absolute Gasteiger partial charge is 0.337 e. The summed E-state index contributed by atoms with van der Waals surface area (Å²) >= 11 is 0. The molecule has 0 spiro atoms. The van der Waals surface area contributed by atoms with Crippen LogP contribution < -0.4 is 15.8 Å². The van der Waals surface area contributed by atoms with Gasteiger partial charge in [0.1, 0.15) is 17.7 Å². The Balaban J connectivity index is 1.46. The average Bonchev–Trinajstić information content (AvgIpc) is 3.16. The average molecular weight is 392 g/mol. The van der Waals surface area contributed by atoms with Crippen LogP contribution in [0.5, 0.6) is 0 Å². The smallest absolute Gasteiger partial charge is 0.291 e. The molecule has 1 aromatic carbocycles. The number of hydrogen-bond acceptors (Lipinski definition) is 5. The van der Waals surface area contributed by atoms with Crippen molar-refractivity contribution in [3.8, 4) is 0 Å². The molecule has 29 heavy (non-hydrogen) atoms. The number of carbonyl (C=O) groups excluding carboxylic acids is 2. The number of aromatic nitrogens is 4. The summed E-state index contributed by atoms with van der Waals surface area (Å²) in [5, 5.41) is 9.46. The maximum atomic E-state index is 12.8. The highest BCUT2D eigenvalue weighted by Gasteiger charge is 2.30. The van der Waals surface area contributed by atoms with E-state index in [0.717, 1.165) is 11.1 Å². The number of aromatic amines is 2. The van der Waals surface area contributed by atoms with Gasteiger partial charge in [0.2, 0.25) is 17.3 Å². The van der Waals surface area contributed by atoms with Crippen LogP contribution >= 0.6 is 0 Å². The number of fused-ring (bicyclic) bond motifs is 1. The summed E-state index contributed by atoms with van der Waals surface area (Å²) in [4.78, 5) is 45.3. The van der Waals surface area contributed by atoms with Crippen LogP contribution in [-0.2, 0) is 17.6 Å². The Morgan fingerprint density at radius 2 is 2.00 bits per heavy atom. The summed E-state index contributed by atoms with van der Waals surface area (Å²) in [5.41, 5.74) is 1.61. The van der Waals surface area contributed by atoms with Crippen molar-refractivity contribution in [2.24, 2.45) is 0 Å². The zero-order chi connectivity index (χ0) is 20.4. The summed E-state index contributed by atoms with van der Waals surface area (Å²) in [5.74, 6) is 0.185. The number of nitrogens with zero attached hydrogens (tertiary/aromatic N) is 3. The molecule has 148 valence electrons. The van der Waals surface area contributed by atoms with Crippen LogP contribution in [0, 0.1) is 0 Å². The van der Waals surface area contributed by atoms with E-state index in [1.807, 2.05) is 30.3 Å². The van der Waals surface area contributed by atoms with Gasteiger partial charge in [0.15, 0.2) is 0 Å². The van der Waals surface area contributed by atoms with Crippen molar-refractivity contribution in [1.29, 1.82) is 0 Å². The number of H-pyrrole nitrogens is 2. The molecule has 0 saturated heterocycles. The fourth-order valence-corrected chi connectivity index (χ4v) is 3.38. The van der Waals surface area contributed by atoms with Crippen LogP contribution in [0.1, 0.15) is 34.0 Å².